The fraction of sp³-hybridized carbons (Fsp3) is 0.550. The molecule has 0 bridgehead atoms. The van der Waals surface area contributed by atoms with Gasteiger partial charge in [-0.2, -0.15) is 0 Å². The molecule has 29 heavy (non-hydrogen) atoms. The first-order valence-corrected chi connectivity index (χ1v) is 9.65. The summed E-state index contributed by atoms with van der Waals surface area (Å²) in [6.07, 6.45) is -2.85. The van der Waals surface area contributed by atoms with Gasteiger partial charge in [0, 0.05) is 19.9 Å². The van der Waals surface area contributed by atoms with E-state index in [2.05, 4.69) is 5.32 Å². The second kappa shape index (κ2) is 9.07. The molecule has 9 heteroatoms. The van der Waals surface area contributed by atoms with Gasteiger partial charge in [0.2, 0.25) is 5.91 Å². The average molecular weight is 431 g/mol. The van der Waals surface area contributed by atoms with Crippen molar-refractivity contribution >= 4 is 29.4 Å². The number of nitrogens with zero attached hydrogens (tertiary/aromatic N) is 1. The smallest absolute Gasteiger partial charge is 0.411 e. The van der Waals surface area contributed by atoms with Crippen molar-refractivity contribution in [2.24, 2.45) is 0 Å². The Morgan fingerprint density at radius 2 is 1.97 bits per heavy atom. The summed E-state index contributed by atoms with van der Waals surface area (Å²) in [6, 6.07) is 1.97. The molecule has 1 aliphatic heterocycles. The van der Waals surface area contributed by atoms with Gasteiger partial charge < -0.3 is 10.1 Å². The number of hydrogen-bond acceptors (Lipinski definition) is 4. The van der Waals surface area contributed by atoms with Crippen LogP contribution in [-0.2, 0) is 20.7 Å². The number of halogens is 3. The lowest BCUT2D eigenvalue weighted by molar-refractivity contribution is -0.125. The molecule has 2 amide bonds. The number of carbonyl (C=O) groups is 3. The Morgan fingerprint density at radius 3 is 2.55 bits per heavy atom. The number of carbonyl (C=O) groups excluding carboxylic acids is 3. The van der Waals surface area contributed by atoms with Gasteiger partial charge in [0.25, 0.3) is 0 Å². The van der Waals surface area contributed by atoms with Crippen LogP contribution < -0.4 is 5.32 Å². The minimum Gasteiger partial charge on any atom is -0.444 e. The Kier molecular flexibility index (Phi) is 7.21. The van der Waals surface area contributed by atoms with Crippen LogP contribution in [0.1, 0.15) is 39.7 Å². The summed E-state index contributed by atoms with van der Waals surface area (Å²) < 4.78 is 34.3. The van der Waals surface area contributed by atoms with E-state index in [1.54, 1.807) is 26.8 Å². The highest BCUT2D eigenvalue weighted by molar-refractivity contribution is 6.30. The van der Waals surface area contributed by atoms with Gasteiger partial charge >= 0.3 is 6.09 Å². The molecule has 2 rings (SSSR count). The first kappa shape index (κ1) is 23.1. The number of amides is 2. The lowest BCUT2D eigenvalue weighted by Crippen LogP contribution is -2.46. The molecular weight excluding hydrogens is 406 g/mol. The molecule has 1 saturated heterocycles. The number of benzene rings is 1. The third-order valence-electron chi connectivity index (χ3n) is 4.43. The van der Waals surface area contributed by atoms with Gasteiger partial charge in [-0.15, -0.1) is 0 Å². The molecule has 3 atom stereocenters. The zero-order valence-corrected chi connectivity index (χ0v) is 17.6. The van der Waals surface area contributed by atoms with Crippen LogP contribution in [-0.4, -0.2) is 53.1 Å². The number of ether oxygens (including phenoxy) is 1. The summed E-state index contributed by atoms with van der Waals surface area (Å²) in [5.74, 6) is -1.70. The van der Waals surface area contributed by atoms with Gasteiger partial charge in [-0.05, 0) is 38.8 Å². The molecule has 0 saturated carbocycles. The number of Topliss-reactive ketones (excluding diaryl/α,β-unsaturated/α-hetero) is 1. The molecular formula is C20H25ClF2N2O4. The van der Waals surface area contributed by atoms with E-state index in [0.29, 0.717) is 0 Å². The van der Waals surface area contributed by atoms with Crippen LogP contribution in [0.2, 0.25) is 5.02 Å². The number of ketones is 1. The predicted molar refractivity (Wildman–Crippen MR) is 104 cm³/mol. The van der Waals surface area contributed by atoms with Crippen molar-refractivity contribution in [2.75, 3.05) is 6.54 Å². The molecule has 1 fully saturated rings. The molecule has 1 N–H and O–H groups in total. The lowest BCUT2D eigenvalue weighted by Gasteiger charge is -2.28. The predicted octanol–water partition coefficient (Wildman–Crippen LogP) is 3.44. The molecule has 0 aromatic heterocycles. The first-order chi connectivity index (χ1) is 13.4. The van der Waals surface area contributed by atoms with Crippen molar-refractivity contribution in [3.8, 4) is 0 Å². The molecule has 6 nitrogen and oxygen atoms in total. The van der Waals surface area contributed by atoms with Crippen LogP contribution in [0.5, 0.6) is 0 Å². The molecule has 1 aliphatic rings. The number of hydrogen-bond donors (Lipinski definition) is 1. The second-order valence-electron chi connectivity index (χ2n) is 8.01. The topological polar surface area (TPSA) is 75.7 Å². The molecule has 1 aromatic carbocycles. The van der Waals surface area contributed by atoms with Crippen molar-refractivity contribution in [3.63, 3.8) is 0 Å². The van der Waals surface area contributed by atoms with Crippen LogP contribution in [0.15, 0.2) is 18.2 Å². The summed E-state index contributed by atoms with van der Waals surface area (Å²) in [5, 5.41) is 2.35. The Labute approximate surface area is 173 Å². The van der Waals surface area contributed by atoms with E-state index >= 15 is 0 Å². The van der Waals surface area contributed by atoms with Crippen LogP contribution in [0, 0.1) is 5.82 Å². The van der Waals surface area contributed by atoms with Crippen molar-refractivity contribution < 1.29 is 27.9 Å². The molecule has 0 radical (unpaired) electrons. The largest absolute Gasteiger partial charge is 0.444 e. The summed E-state index contributed by atoms with van der Waals surface area (Å²) in [4.78, 5) is 37.6. The monoisotopic (exact) mass is 430 g/mol. The van der Waals surface area contributed by atoms with E-state index < -0.39 is 47.5 Å². The third kappa shape index (κ3) is 5.88. The lowest BCUT2D eigenvalue weighted by atomic mass is 9.99. The van der Waals surface area contributed by atoms with Gasteiger partial charge in [0.15, 0.2) is 5.78 Å². The zero-order valence-electron chi connectivity index (χ0n) is 16.8. The fourth-order valence-electron chi connectivity index (χ4n) is 3.21. The normalized spacial score (nSPS) is 21.8. The number of nitrogens with one attached hydrogen (secondary N) is 1. The molecule has 1 heterocycles. The van der Waals surface area contributed by atoms with E-state index in [0.717, 1.165) is 4.90 Å². The first-order valence-electron chi connectivity index (χ1n) is 9.27. The van der Waals surface area contributed by atoms with Crippen molar-refractivity contribution in [1.29, 1.82) is 0 Å². The maximum atomic E-state index is 15.0. The maximum Gasteiger partial charge on any atom is 0.411 e. The van der Waals surface area contributed by atoms with Gasteiger partial charge in [0.05, 0.1) is 11.1 Å². The van der Waals surface area contributed by atoms with Crippen LogP contribution >= 0.6 is 11.6 Å². The quantitative estimate of drug-likeness (QED) is 0.776. The SMILES string of the molecule is CC(=O)N[C@@H]1CN(C(=O)OC(C)(C)C)[C@H](C(=O)CCc2cccc(Cl)c2F)[C@H]1F. The van der Waals surface area contributed by atoms with E-state index in [4.69, 9.17) is 16.3 Å². The van der Waals surface area contributed by atoms with Crippen molar-refractivity contribution in [1.82, 2.24) is 10.2 Å². The summed E-state index contributed by atoms with van der Waals surface area (Å²) >= 11 is 5.74. The minimum atomic E-state index is -1.80. The van der Waals surface area contributed by atoms with Gasteiger partial charge in [0.1, 0.15) is 23.6 Å². The highest BCUT2D eigenvalue weighted by Gasteiger charge is 2.49. The number of rotatable bonds is 5. The Morgan fingerprint density at radius 1 is 1.31 bits per heavy atom. The molecule has 0 spiro atoms. The Bertz CT molecular complexity index is 797. The van der Waals surface area contributed by atoms with E-state index in [1.165, 1.54) is 19.1 Å². The Hall–Kier alpha value is -2.22. The van der Waals surface area contributed by atoms with E-state index in [-0.39, 0.29) is 30.0 Å². The number of alkyl halides is 1. The van der Waals surface area contributed by atoms with Gasteiger partial charge in [-0.3, -0.25) is 14.5 Å². The average Bonchev–Trinajstić information content (AvgIpc) is 2.90. The van der Waals surface area contributed by atoms with E-state index in [9.17, 15) is 23.2 Å². The molecule has 0 aliphatic carbocycles. The molecule has 1 aromatic rings. The van der Waals surface area contributed by atoms with Crippen LogP contribution in [0.4, 0.5) is 13.6 Å². The highest BCUT2D eigenvalue weighted by atomic mass is 35.5. The molecule has 160 valence electrons. The fourth-order valence-corrected chi connectivity index (χ4v) is 3.41. The molecule has 0 unspecified atom stereocenters. The third-order valence-corrected chi connectivity index (χ3v) is 4.73. The Balaban J connectivity index is 2.19. The van der Waals surface area contributed by atoms with Crippen LogP contribution in [0.25, 0.3) is 0 Å². The number of likely N-dealkylation sites (tertiary alicyclic amines) is 1. The second-order valence-corrected chi connectivity index (χ2v) is 8.42. The van der Waals surface area contributed by atoms with Gasteiger partial charge in [-0.25, -0.2) is 13.6 Å². The zero-order chi connectivity index (χ0) is 21.9. The summed E-state index contributed by atoms with van der Waals surface area (Å²) in [5.41, 5.74) is -0.617. The van der Waals surface area contributed by atoms with Crippen LogP contribution in [0.3, 0.4) is 0 Å². The summed E-state index contributed by atoms with van der Waals surface area (Å²) in [7, 11) is 0. The summed E-state index contributed by atoms with van der Waals surface area (Å²) in [6.45, 7) is 5.98. The number of aryl methyl sites for hydroxylation is 1. The van der Waals surface area contributed by atoms with Crippen molar-refractivity contribution in [3.05, 3.63) is 34.6 Å². The highest BCUT2D eigenvalue weighted by Crippen LogP contribution is 2.27. The standard InChI is InChI=1S/C20H25ClF2N2O4/c1-11(26)24-14-10-25(19(28)29-20(2,3)4)18(17(14)23)15(27)9-8-12-6-5-7-13(21)16(12)22/h5-7,14,17-18H,8-10H2,1-4H3,(H,24,26)/t14-,17+,18-/m1/s1. The van der Waals surface area contributed by atoms with Crippen molar-refractivity contribution in [2.45, 2.75) is 64.4 Å². The van der Waals surface area contributed by atoms with E-state index in [1.807, 2.05) is 0 Å². The maximum absolute atomic E-state index is 15.0. The minimum absolute atomic E-state index is 0.00140. The van der Waals surface area contributed by atoms with Gasteiger partial charge in [-0.1, -0.05) is 23.7 Å².